The first-order chi connectivity index (χ1) is 4.24. The summed E-state index contributed by atoms with van der Waals surface area (Å²) in [6.45, 7) is 19.5. The van der Waals surface area contributed by atoms with Crippen LogP contribution in [0.2, 0.25) is 0 Å². The molecule has 0 amide bonds. The van der Waals surface area contributed by atoms with Crippen molar-refractivity contribution in [3.05, 3.63) is 58.7 Å². The Bertz CT molecular complexity index is 41.5. The van der Waals surface area contributed by atoms with Gasteiger partial charge in [0, 0.05) is 0 Å². The van der Waals surface area contributed by atoms with Crippen molar-refractivity contribution in [2.45, 2.75) is 0 Å². The molecule has 0 aromatic rings. The molecule has 10 heavy (non-hydrogen) atoms. The van der Waals surface area contributed by atoms with Crippen LogP contribution in [0.25, 0.3) is 0 Å². The summed E-state index contributed by atoms with van der Waals surface area (Å²) in [5.74, 6) is 0. The summed E-state index contributed by atoms with van der Waals surface area (Å²) in [7, 11) is 0. The largest absolute Gasteiger partial charge is 3.00 e. The molecule has 0 rings (SSSR count). The number of rotatable bonds is 0. The maximum absolute atomic E-state index is 3.25. The van der Waals surface area contributed by atoms with Crippen LogP contribution in [0.3, 0.4) is 0 Å². The van der Waals surface area contributed by atoms with Gasteiger partial charge in [-0.2, -0.15) is 0 Å². The van der Waals surface area contributed by atoms with Crippen LogP contribution in [0, 0.1) is 20.8 Å². The second-order valence-electron chi connectivity index (χ2n) is 0.866. The van der Waals surface area contributed by atoms with Gasteiger partial charge in [0.2, 0.25) is 0 Å². The van der Waals surface area contributed by atoms with Crippen molar-refractivity contribution in [1.29, 1.82) is 0 Å². The standard InChI is InChI=1S/3C3H5.Ti/c3*1-3-2;/h3*3H,1-2H2;/q3*-1;+3. The van der Waals surface area contributed by atoms with Crippen LogP contribution >= 0.6 is 0 Å². The van der Waals surface area contributed by atoms with Gasteiger partial charge in [-0.1, -0.05) is 0 Å². The van der Waals surface area contributed by atoms with Gasteiger partial charge in [-0.15, -0.1) is 0 Å². The van der Waals surface area contributed by atoms with Gasteiger partial charge in [0.25, 0.3) is 0 Å². The molecule has 0 saturated heterocycles. The number of hydrogen-bond acceptors (Lipinski definition) is 0. The van der Waals surface area contributed by atoms with Crippen molar-refractivity contribution < 1.29 is 21.7 Å². The molecule has 0 aromatic carbocycles. The monoisotopic (exact) mass is 171 g/mol. The summed E-state index contributed by atoms with van der Waals surface area (Å²) < 4.78 is 0. The molecule has 0 aliphatic carbocycles. The van der Waals surface area contributed by atoms with Crippen molar-refractivity contribution in [2.24, 2.45) is 0 Å². The van der Waals surface area contributed by atoms with E-state index in [0.717, 1.165) is 0 Å². The van der Waals surface area contributed by atoms with E-state index in [1.807, 2.05) is 0 Å². The first-order valence-corrected chi connectivity index (χ1v) is 2.45. The number of hydrogen-bond donors (Lipinski definition) is 0. The van der Waals surface area contributed by atoms with Crippen molar-refractivity contribution >= 4 is 0 Å². The molecular weight excluding hydrogens is 156 g/mol. The van der Waals surface area contributed by atoms with Crippen LogP contribution in [0.4, 0.5) is 0 Å². The summed E-state index contributed by atoms with van der Waals surface area (Å²) >= 11 is 0. The fraction of sp³-hybridized carbons (Fsp3) is 0. The minimum Gasteiger partial charge on any atom is -0.245 e. The molecule has 0 atom stereocenters. The summed E-state index contributed by atoms with van der Waals surface area (Å²) in [5.41, 5.74) is 0. The molecule has 0 unspecified atom stereocenters. The summed E-state index contributed by atoms with van der Waals surface area (Å²) in [4.78, 5) is 0. The van der Waals surface area contributed by atoms with Gasteiger partial charge in [0.1, 0.15) is 0 Å². The topological polar surface area (TPSA) is 0 Å². The van der Waals surface area contributed by atoms with Gasteiger partial charge in [0.05, 0.1) is 0 Å². The first-order valence-electron chi connectivity index (χ1n) is 2.45. The second kappa shape index (κ2) is 75.1. The molecule has 1 heteroatoms. The minimum absolute atomic E-state index is 0. The van der Waals surface area contributed by atoms with E-state index < -0.39 is 0 Å². The minimum atomic E-state index is 0. The zero-order valence-electron chi connectivity index (χ0n) is 6.47. The van der Waals surface area contributed by atoms with Gasteiger partial charge < -0.3 is 0 Å². The predicted molar refractivity (Wildman–Crippen MR) is 46.7 cm³/mol. The van der Waals surface area contributed by atoms with Crippen LogP contribution in [0.5, 0.6) is 0 Å². The molecule has 55 valence electrons. The maximum Gasteiger partial charge on any atom is 3.00 e. The second-order valence-corrected chi connectivity index (χ2v) is 0.866. The van der Waals surface area contributed by atoms with Crippen LogP contribution in [-0.4, -0.2) is 0 Å². The summed E-state index contributed by atoms with van der Waals surface area (Å²) in [6, 6.07) is 0. The fourth-order valence-corrected chi connectivity index (χ4v) is 0. The third-order valence-electron chi connectivity index (χ3n) is 0. The van der Waals surface area contributed by atoms with Crippen LogP contribution in [0.15, 0.2) is 38.0 Å². The van der Waals surface area contributed by atoms with E-state index in [2.05, 4.69) is 40.5 Å². The zero-order valence-corrected chi connectivity index (χ0v) is 8.04. The molecule has 0 aromatic heterocycles. The Kier molecular flexibility index (Phi) is 170. The molecule has 0 spiro atoms. The Morgan fingerprint density at radius 3 is 0.700 bits per heavy atom. The van der Waals surface area contributed by atoms with E-state index in [9.17, 15) is 0 Å². The van der Waals surface area contributed by atoms with Gasteiger partial charge in [-0.05, 0) is 0 Å². The maximum atomic E-state index is 3.25. The van der Waals surface area contributed by atoms with E-state index in [4.69, 9.17) is 0 Å². The average Bonchev–Trinajstić information content (AvgIpc) is 1.70. The molecular formula is C9H15Ti. The van der Waals surface area contributed by atoms with E-state index in [0.29, 0.717) is 0 Å². The number of allylic oxidation sites excluding steroid dienone is 3. The van der Waals surface area contributed by atoms with Gasteiger partial charge in [-0.25, -0.2) is 58.7 Å². The fourth-order valence-electron chi connectivity index (χ4n) is 0. The van der Waals surface area contributed by atoms with E-state index >= 15 is 0 Å². The van der Waals surface area contributed by atoms with Gasteiger partial charge in [0.15, 0.2) is 0 Å². The van der Waals surface area contributed by atoms with Crippen LogP contribution < -0.4 is 0 Å². The molecule has 0 saturated carbocycles. The molecule has 0 N–H and O–H groups in total. The van der Waals surface area contributed by atoms with Crippen molar-refractivity contribution in [1.82, 2.24) is 0 Å². The Labute approximate surface area is 80.6 Å². The first kappa shape index (κ1) is 22.7. The summed E-state index contributed by atoms with van der Waals surface area (Å²) in [5, 5.41) is 0. The molecule has 0 heterocycles. The van der Waals surface area contributed by atoms with E-state index in [1.54, 1.807) is 0 Å². The van der Waals surface area contributed by atoms with Crippen molar-refractivity contribution in [3.8, 4) is 0 Å². The third-order valence-corrected chi connectivity index (χ3v) is 0. The zero-order chi connectivity index (χ0) is 8.12. The van der Waals surface area contributed by atoms with Crippen LogP contribution in [0.1, 0.15) is 0 Å². The Hall–Kier alpha value is -0.456. The molecule has 0 aliphatic heterocycles. The van der Waals surface area contributed by atoms with Crippen LogP contribution in [-0.2, 0) is 21.7 Å². The van der Waals surface area contributed by atoms with E-state index in [-0.39, 0.29) is 21.7 Å². The SMILES string of the molecule is C=C[CH2-].C=C[CH2-].C=C[CH2-].[Ti+3]. The molecule has 0 nitrogen and oxygen atoms in total. The predicted octanol–water partition coefficient (Wildman–Crippen LogP) is 3.02. The quantitative estimate of drug-likeness (QED) is 0.388. The Morgan fingerprint density at radius 2 is 0.700 bits per heavy atom. The van der Waals surface area contributed by atoms with Gasteiger partial charge >= 0.3 is 21.7 Å². The van der Waals surface area contributed by atoms with Crippen molar-refractivity contribution in [2.75, 3.05) is 0 Å². The van der Waals surface area contributed by atoms with E-state index in [1.165, 1.54) is 18.2 Å². The third kappa shape index (κ3) is 1560. The normalized spacial score (nSPS) is 3.60. The molecule has 0 bridgehead atoms. The Balaban J connectivity index is -0.0000000257. The van der Waals surface area contributed by atoms with Crippen molar-refractivity contribution in [3.63, 3.8) is 0 Å². The van der Waals surface area contributed by atoms with Gasteiger partial charge in [-0.3, -0.25) is 0 Å². The Morgan fingerprint density at radius 1 is 0.700 bits per heavy atom. The molecule has 0 fully saturated rings. The smallest absolute Gasteiger partial charge is 0.245 e. The summed E-state index contributed by atoms with van der Waals surface area (Å²) in [6.07, 6.45) is 4.50. The molecule has 0 aliphatic rings. The average molecular weight is 171 g/mol. The molecule has 1 radical (unpaired) electrons.